The van der Waals surface area contributed by atoms with Gasteiger partial charge in [-0.25, -0.2) is 0 Å². The van der Waals surface area contributed by atoms with E-state index in [9.17, 15) is 0 Å². The van der Waals surface area contributed by atoms with Crippen LogP contribution in [0.4, 0.5) is 5.69 Å². The zero-order chi connectivity index (χ0) is 11.9. The van der Waals surface area contributed by atoms with E-state index in [1.165, 1.54) is 20.6 Å². The van der Waals surface area contributed by atoms with Crippen molar-refractivity contribution < 1.29 is 0 Å². The normalized spacial score (nSPS) is 20.2. The first-order chi connectivity index (χ1) is 7.38. The van der Waals surface area contributed by atoms with Gasteiger partial charge >= 0.3 is 0 Å². The SMILES string of the molecule is Cc1cc(Br)c2c(c1)SC(C(C)(C)C)CN2. The van der Waals surface area contributed by atoms with Gasteiger partial charge in [-0.15, -0.1) is 11.8 Å². The van der Waals surface area contributed by atoms with Gasteiger partial charge in [-0.2, -0.15) is 0 Å². The molecule has 1 aromatic rings. The van der Waals surface area contributed by atoms with E-state index in [1.54, 1.807) is 0 Å². The summed E-state index contributed by atoms with van der Waals surface area (Å²) in [5.74, 6) is 0. The number of benzene rings is 1. The highest BCUT2D eigenvalue weighted by Gasteiger charge is 2.30. The molecule has 0 bridgehead atoms. The molecule has 1 atom stereocenters. The second kappa shape index (κ2) is 4.26. The number of halogens is 1. The number of aryl methyl sites for hydroxylation is 1. The predicted molar refractivity (Wildman–Crippen MR) is 76.5 cm³/mol. The Kier molecular flexibility index (Phi) is 3.28. The largest absolute Gasteiger partial charge is 0.382 e. The smallest absolute Gasteiger partial charge is 0.0623 e. The van der Waals surface area contributed by atoms with Crippen LogP contribution in [0, 0.1) is 12.3 Å². The molecule has 0 fully saturated rings. The Morgan fingerprint density at radius 3 is 2.69 bits per heavy atom. The molecule has 0 aromatic heterocycles. The van der Waals surface area contributed by atoms with Gasteiger partial charge in [0.05, 0.1) is 5.69 Å². The molecule has 0 saturated heterocycles. The van der Waals surface area contributed by atoms with Gasteiger partial charge in [0, 0.05) is 21.2 Å². The molecule has 3 heteroatoms. The summed E-state index contributed by atoms with van der Waals surface area (Å²) in [5, 5.41) is 4.18. The first-order valence-corrected chi connectivity index (χ1v) is 7.26. The summed E-state index contributed by atoms with van der Waals surface area (Å²) in [6, 6.07) is 4.44. The lowest BCUT2D eigenvalue weighted by molar-refractivity contribution is 0.401. The van der Waals surface area contributed by atoms with Gasteiger partial charge in [0.2, 0.25) is 0 Å². The number of rotatable bonds is 0. The Morgan fingerprint density at radius 2 is 2.06 bits per heavy atom. The molecule has 1 aromatic carbocycles. The number of fused-ring (bicyclic) bond motifs is 1. The van der Waals surface area contributed by atoms with Gasteiger partial charge in [-0.3, -0.25) is 0 Å². The van der Waals surface area contributed by atoms with Gasteiger partial charge in [0.1, 0.15) is 0 Å². The van der Waals surface area contributed by atoms with Crippen molar-refractivity contribution in [3.8, 4) is 0 Å². The lowest BCUT2D eigenvalue weighted by atomic mass is 9.91. The molecule has 88 valence electrons. The summed E-state index contributed by atoms with van der Waals surface area (Å²) >= 11 is 5.63. The lowest BCUT2D eigenvalue weighted by Gasteiger charge is -2.35. The van der Waals surface area contributed by atoms with Crippen molar-refractivity contribution in [1.82, 2.24) is 0 Å². The zero-order valence-corrected chi connectivity index (χ0v) is 12.6. The van der Waals surface area contributed by atoms with Crippen LogP contribution in [0.1, 0.15) is 26.3 Å². The van der Waals surface area contributed by atoms with E-state index in [2.05, 4.69) is 61.1 Å². The fourth-order valence-corrected chi connectivity index (χ4v) is 4.07. The third-order valence-corrected chi connectivity index (χ3v) is 5.26. The van der Waals surface area contributed by atoms with Crippen LogP contribution in [0.15, 0.2) is 21.5 Å². The summed E-state index contributed by atoms with van der Waals surface area (Å²) in [6.07, 6.45) is 0. The summed E-state index contributed by atoms with van der Waals surface area (Å²) in [4.78, 5) is 1.37. The lowest BCUT2D eigenvalue weighted by Crippen LogP contribution is -2.33. The molecule has 1 nitrogen and oxygen atoms in total. The van der Waals surface area contributed by atoms with E-state index in [-0.39, 0.29) is 0 Å². The summed E-state index contributed by atoms with van der Waals surface area (Å²) in [7, 11) is 0. The first kappa shape index (κ1) is 12.3. The van der Waals surface area contributed by atoms with Crippen LogP contribution < -0.4 is 5.32 Å². The van der Waals surface area contributed by atoms with Crippen LogP contribution >= 0.6 is 27.7 Å². The van der Waals surface area contributed by atoms with Crippen molar-refractivity contribution in [2.45, 2.75) is 37.8 Å². The fourth-order valence-electron chi connectivity index (χ4n) is 1.85. The molecule has 1 heterocycles. The summed E-state index contributed by atoms with van der Waals surface area (Å²) < 4.78 is 1.18. The number of anilines is 1. The topological polar surface area (TPSA) is 12.0 Å². The Balaban J connectivity index is 2.34. The fraction of sp³-hybridized carbons (Fsp3) is 0.538. The van der Waals surface area contributed by atoms with E-state index in [0.29, 0.717) is 10.7 Å². The molecule has 1 aliphatic rings. The molecule has 1 aliphatic heterocycles. The van der Waals surface area contributed by atoms with Crippen molar-refractivity contribution in [3.05, 3.63) is 22.2 Å². The number of hydrogen-bond donors (Lipinski definition) is 1. The van der Waals surface area contributed by atoms with Crippen molar-refractivity contribution >= 4 is 33.4 Å². The zero-order valence-electron chi connectivity index (χ0n) is 10.2. The quantitative estimate of drug-likeness (QED) is 0.746. The minimum Gasteiger partial charge on any atom is -0.382 e. The minimum atomic E-state index is 0.339. The van der Waals surface area contributed by atoms with E-state index >= 15 is 0 Å². The highest BCUT2D eigenvalue weighted by molar-refractivity contribution is 9.10. The Hall–Kier alpha value is -0.150. The summed E-state index contributed by atoms with van der Waals surface area (Å²) in [6.45, 7) is 10.1. The van der Waals surface area contributed by atoms with Crippen LogP contribution in [0.25, 0.3) is 0 Å². The maximum absolute atomic E-state index is 3.63. The third kappa shape index (κ3) is 2.40. The average molecular weight is 300 g/mol. The standard InChI is InChI=1S/C13H18BrNS/c1-8-5-9(14)12-10(6-8)16-11(7-15-12)13(2,3)4/h5-6,11,15H,7H2,1-4H3. The van der Waals surface area contributed by atoms with E-state index < -0.39 is 0 Å². The molecule has 2 rings (SSSR count). The summed E-state index contributed by atoms with van der Waals surface area (Å²) in [5.41, 5.74) is 2.91. The van der Waals surface area contributed by atoms with Crippen LogP contribution in [-0.2, 0) is 0 Å². The highest BCUT2D eigenvalue weighted by Crippen LogP contribution is 2.45. The Morgan fingerprint density at radius 1 is 1.38 bits per heavy atom. The van der Waals surface area contributed by atoms with Gasteiger partial charge in [-0.1, -0.05) is 20.8 Å². The van der Waals surface area contributed by atoms with Gasteiger partial charge < -0.3 is 5.32 Å². The van der Waals surface area contributed by atoms with Crippen LogP contribution in [0.2, 0.25) is 0 Å². The van der Waals surface area contributed by atoms with Gasteiger partial charge in [0.15, 0.2) is 0 Å². The van der Waals surface area contributed by atoms with Crippen LogP contribution in [0.3, 0.4) is 0 Å². The number of hydrogen-bond acceptors (Lipinski definition) is 2. The molecule has 1 N–H and O–H groups in total. The highest BCUT2D eigenvalue weighted by atomic mass is 79.9. The molecule has 16 heavy (non-hydrogen) atoms. The predicted octanol–water partition coefficient (Wildman–Crippen LogP) is 4.69. The Bertz CT molecular complexity index is 409. The molecule has 0 aliphatic carbocycles. The molecule has 0 spiro atoms. The monoisotopic (exact) mass is 299 g/mol. The molecular weight excluding hydrogens is 282 g/mol. The molecule has 0 saturated carbocycles. The van der Waals surface area contributed by atoms with Crippen LogP contribution in [-0.4, -0.2) is 11.8 Å². The first-order valence-electron chi connectivity index (χ1n) is 5.58. The van der Waals surface area contributed by atoms with Crippen molar-refractivity contribution in [1.29, 1.82) is 0 Å². The molecule has 0 radical (unpaired) electrons. The second-order valence-electron chi connectivity index (χ2n) is 5.47. The average Bonchev–Trinajstić information content (AvgIpc) is 2.15. The van der Waals surface area contributed by atoms with E-state index in [4.69, 9.17) is 0 Å². The molecule has 0 amide bonds. The maximum Gasteiger partial charge on any atom is 0.0623 e. The van der Waals surface area contributed by atoms with Gasteiger partial charge in [0.25, 0.3) is 0 Å². The Labute approximate surface area is 111 Å². The maximum atomic E-state index is 3.63. The van der Waals surface area contributed by atoms with Gasteiger partial charge in [-0.05, 0) is 46.0 Å². The second-order valence-corrected chi connectivity index (χ2v) is 7.57. The van der Waals surface area contributed by atoms with Crippen molar-refractivity contribution in [2.75, 3.05) is 11.9 Å². The number of nitrogens with one attached hydrogen (secondary N) is 1. The van der Waals surface area contributed by atoms with E-state index in [1.807, 2.05) is 11.8 Å². The van der Waals surface area contributed by atoms with E-state index in [0.717, 1.165) is 6.54 Å². The van der Waals surface area contributed by atoms with Crippen LogP contribution in [0.5, 0.6) is 0 Å². The number of thioether (sulfide) groups is 1. The third-order valence-electron chi connectivity index (χ3n) is 2.90. The minimum absolute atomic E-state index is 0.339. The molecule has 1 unspecified atom stereocenters. The van der Waals surface area contributed by atoms with Crippen molar-refractivity contribution in [3.63, 3.8) is 0 Å². The molecular formula is C13H18BrNS. The van der Waals surface area contributed by atoms with Crippen molar-refractivity contribution in [2.24, 2.45) is 5.41 Å².